The number of allylic oxidation sites excluding steroid dienone is 4. The van der Waals surface area contributed by atoms with Gasteiger partial charge in [-0.1, -0.05) is 315 Å². The molecule has 14 aromatic rings. The molecule has 100 heavy (non-hydrogen) atoms. The number of fused-ring (bicyclic) bond motifs is 26. The molecule has 0 bridgehead atoms. The highest BCUT2D eigenvalue weighted by molar-refractivity contribution is 6.05. The minimum atomic E-state index is -0.449. The largest absolute Gasteiger partial charge is 0.311 e. The molecular formula is C99H65N. The van der Waals surface area contributed by atoms with Crippen molar-refractivity contribution in [3.63, 3.8) is 0 Å². The number of hydrogen-bond donors (Lipinski definition) is 0. The summed E-state index contributed by atoms with van der Waals surface area (Å²) in [5.74, 6) is 0. The zero-order chi connectivity index (χ0) is 65.7. The van der Waals surface area contributed by atoms with Gasteiger partial charge in [0.15, 0.2) is 0 Å². The molecule has 7 aliphatic rings. The van der Waals surface area contributed by atoms with Gasteiger partial charge in [0, 0.05) is 17.1 Å². The molecule has 3 spiro atoms. The molecule has 1 nitrogen and oxygen atoms in total. The monoisotopic (exact) mass is 1270 g/mol. The van der Waals surface area contributed by atoms with E-state index in [0.717, 1.165) is 46.6 Å². The van der Waals surface area contributed by atoms with Gasteiger partial charge in [0.25, 0.3) is 0 Å². The molecule has 0 amide bonds. The van der Waals surface area contributed by atoms with Crippen molar-refractivity contribution in [3.05, 3.63) is 474 Å². The van der Waals surface area contributed by atoms with Crippen LogP contribution in [0.5, 0.6) is 0 Å². The van der Waals surface area contributed by atoms with Crippen LogP contribution in [0, 0.1) is 0 Å². The Morgan fingerprint density at radius 1 is 0.220 bits per heavy atom. The summed E-state index contributed by atoms with van der Waals surface area (Å²) in [5.41, 5.74) is 41.0. The van der Waals surface area contributed by atoms with Crippen LogP contribution in [0.4, 0.5) is 17.1 Å². The minimum absolute atomic E-state index is 0.364. The highest BCUT2D eigenvalue weighted by atomic mass is 15.1. The molecule has 0 radical (unpaired) electrons. The van der Waals surface area contributed by atoms with E-state index in [1.165, 1.54) is 150 Å². The summed E-state index contributed by atoms with van der Waals surface area (Å²) < 4.78 is 0. The second-order valence-corrected chi connectivity index (χ2v) is 27.9. The van der Waals surface area contributed by atoms with Crippen molar-refractivity contribution >= 4 is 57.6 Å². The maximum absolute atomic E-state index is 2.43. The van der Waals surface area contributed by atoms with Gasteiger partial charge in [-0.3, -0.25) is 0 Å². The van der Waals surface area contributed by atoms with Crippen molar-refractivity contribution in [1.29, 1.82) is 0 Å². The summed E-state index contributed by atoms with van der Waals surface area (Å²) in [6.45, 7) is 0. The summed E-state index contributed by atoms with van der Waals surface area (Å²) in [5, 5.41) is 0. The van der Waals surface area contributed by atoms with Crippen LogP contribution in [0.15, 0.2) is 357 Å². The predicted octanol–water partition coefficient (Wildman–Crippen LogP) is 24.0. The lowest BCUT2D eigenvalue weighted by atomic mass is 9.59. The predicted molar refractivity (Wildman–Crippen MR) is 414 cm³/mol. The van der Waals surface area contributed by atoms with Gasteiger partial charge in [-0.05, 0) is 234 Å². The molecule has 0 fully saturated rings. The van der Waals surface area contributed by atoms with E-state index in [4.69, 9.17) is 0 Å². The third-order valence-corrected chi connectivity index (χ3v) is 23.3. The summed E-state index contributed by atoms with van der Waals surface area (Å²) >= 11 is 0. The standard InChI is InChI=1S/C99H65N/c1-13-37-85-70(25-1)71-26-2-14-38-86(71)97(85)91-43-19-7-31-76(91)82(77-32-8-20-44-92(77)97)61-64-49-55-67(56-50-64)100(68-57-51-65(52-58-68)62-83-78-33-9-21-45-93(78)98(94-46-22-10-34-79(83)94)87-39-15-3-27-72(87)73-28-4-16-40-88(73)98)69-59-53-66(54-60-69)63-84-80-35-11-23-47-95(80)99(96-48-24-12-36-81(84)96)89-41-17-5-29-74(89)75-30-6-18-42-90(75)99/h1-17,19-41,43-63H,18,42H2. The van der Waals surface area contributed by atoms with Gasteiger partial charge in [-0.15, -0.1) is 0 Å². The number of hydrogen-bond acceptors (Lipinski definition) is 1. The first-order valence-corrected chi connectivity index (χ1v) is 35.4. The van der Waals surface area contributed by atoms with E-state index in [1.54, 1.807) is 0 Å². The lowest BCUT2D eigenvalue weighted by Crippen LogP contribution is -2.35. The number of rotatable bonds is 6. The summed E-state index contributed by atoms with van der Waals surface area (Å²) in [6.07, 6.45) is 14.1. The molecule has 0 atom stereocenters. The summed E-state index contributed by atoms with van der Waals surface area (Å²) in [4.78, 5) is 2.43. The minimum Gasteiger partial charge on any atom is -0.311 e. The molecule has 14 aromatic carbocycles. The van der Waals surface area contributed by atoms with E-state index in [0.29, 0.717) is 0 Å². The van der Waals surface area contributed by atoms with Gasteiger partial charge in [0.1, 0.15) is 0 Å². The van der Waals surface area contributed by atoms with Crippen LogP contribution >= 0.6 is 0 Å². The molecule has 0 unspecified atom stereocenters. The molecular weight excluding hydrogens is 1200 g/mol. The smallest absolute Gasteiger partial charge is 0.0725 e. The first kappa shape index (κ1) is 56.7. The molecule has 0 N–H and O–H groups in total. The Hall–Kier alpha value is -12.4. The van der Waals surface area contributed by atoms with Gasteiger partial charge in [0.2, 0.25) is 0 Å². The number of anilines is 3. The van der Waals surface area contributed by atoms with Crippen molar-refractivity contribution < 1.29 is 0 Å². The van der Waals surface area contributed by atoms with E-state index in [9.17, 15) is 0 Å². The number of benzene rings is 14. The quantitative estimate of drug-likeness (QED) is 0.160. The first-order valence-electron chi connectivity index (χ1n) is 35.4. The second kappa shape index (κ2) is 21.8. The van der Waals surface area contributed by atoms with Crippen molar-refractivity contribution in [2.24, 2.45) is 0 Å². The maximum atomic E-state index is 2.43. The van der Waals surface area contributed by atoms with Crippen LogP contribution < -0.4 is 4.90 Å². The van der Waals surface area contributed by atoms with Crippen LogP contribution in [-0.2, 0) is 16.2 Å². The van der Waals surface area contributed by atoms with Gasteiger partial charge in [-0.2, -0.15) is 0 Å². The van der Waals surface area contributed by atoms with Crippen molar-refractivity contribution in [2.45, 2.75) is 29.1 Å². The third kappa shape index (κ3) is 7.72. The Balaban J connectivity index is 0.688. The van der Waals surface area contributed by atoms with E-state index in [2.05, 4.69) is 375 Å². The van der Waals surface area contributed by atoms with Crippen LogP contribution in [0.3, 0.4) is 0 Å². The Morgan fingerprint density at radius 3 is 0.720 bits per heavy atom. The summed E-state index contributed by atoms with van der Waals surface area (Å²) in [6, 6.07) is 128. The molecule has 1 heteroatoms. The zero-order valence-corrected chi connectivity index (χ0v) is 55.1. The van der Waals surface area contributed by atoms with Gasteiger partial charge >= 0.3 is 0 Å². The molecule has 0 aromatic heterocycles. The first-order chi connectivity index (χ1) is 49.6. The Labute approximate surface area is 584 Å². The van der Waals surface area contributed by atoms with Crippen LogP contribution in [0.1, 0.15) is 130 Å². The number of nitrogens with zero attached hydrogens (tertiary/aromatic N) is 1. The van der Waals surface area contributed by atoms with E-state index >= 15 is 0 Å². The molecule has 21 rings (SSSR count). The molecule has 0 saturated heterocycles. The molecule has 0 aliphatic heterocycles. The van der Waals surface area contributed by atoms with Crippen molar-refractivity contribution in [2.75, 3.05) is 4.90 Å². The lowest BCUT2D eigenvalue weighted by Gasteiger charge is -2.43. The normalized spacial score (nSPS) is 15.4. The average Bonchev–Trinajstić information content (AvgIpc) is 1.48. The van der Waals surface area contributed by atoms with E-state index < -0.39 is 10.8 Å². The molecule has 0 heterocycles. The Kier molecular flexibility index (Phi) is 12.4. The SMILES string of the molecule is C1=CC2=C(CC1)C1(c3ccccc3C(=Cc3ccc(N(c4ccc(C=C5c6ccccc6C6(c7ccccc75)c5ccccc5-c5ccccc56)cc4)c4ccc(C=C5c6ccccc6C6(c7ccccc75)c5ccccc5-c5ccccc56)cc4)cc3)c3ccccc31)c1ccccc12. The molecule has 466 valence electrons. The van der Waals surface area contributed by atoms with Crippen LogP contribution in [0.2, 0.25) is 0 Å². The van der Waals surface area contributed by atoms with Crippen LogP contribution in [0.25, 0.3) is 62.8 Å². The molecule has 0 saturated carbocycles. The van der Waals surface area contributed by atoms with Gasteiger partial charge in [0.05, 0.1) is 16.2 Å². The van der Waals surface area contributed by atoms with Gasteiger partial charge < -0.3 is 4.90 Å². The third-order valence-electron chi connectivity index (χ3n) is 23.3. The van der Waals surface area contributed by atoms with E-state index in [-0.39, 0.29) is 5.41 Å². The second-order valence-electron chi connectivity index (χ2n) is 27.9. The highest BCUT2D eigenvalue weighted by Gasteiger charge is 2.54. The Bertz CT molecular complexity index is 5470. The topological polar surface area (TPSA) is 3.24 Å². The van der Waals surface area contributed by atoms with Gasteiger partial charge in [-0.25, -0.2) is 0 Å². The summed E-state index contributed by atoms with van der Waals surface area (Å²) in [7, 11) is 0. The van der Waals surface area contributed by atoms with Crippen molar-refractivity contribution in [3.8, 4) is 22.3 Å². The zero-order valence-electron chi connectivity index (χ0n) is 55.1. The molecule has 7 aliphatic carbocycles. The Morgan fingerprint density at radius 2 is 0.440 bits per heavy atom. The average molecular weight is 1270 g/mol. The fourth-order valence-corrected chi connectivity index (χ4v) is 19.5. The lowest BCUT2D eigenvalue weighted by molar-refractivity contribution is 0.686. The fraction of sp³-hybridized carbons (Fsp3) is 0.0505. The maximum Gasteiger partial charge on any atom is 0.0725 e. The van der Waals surface area contributed by atoms with Crippen molar-refractivity contribution in [1.82, 2.24) is 0 Å². The van der Waals surface area contributed by atoms with E-state index in [1.807, 2.05) is 0 Å². The van der Waals surface area contributed by atoms with Crippen LogP contribution in [-0.4, -0.2) is 0 Å². The fourth-order valence-electron chi connectivity index (χ4n) is 19.5. The highest BCUT2D eigenvalue weighted by Crippen LogP contribution is 2.65.